The minimum atomic E-state index is -0.887. The number of carbonyl (C=O) groups excluding carboxylic acids is 1. The number of aliphatic hydroxyl groups is 1. The average molecular weight is 300 g/mol. The minimum Gasteiger partial charge on any atom is -0.388 e. The van der Waals surface area contributed by atoms with Gasteiger partial charge >= 0.3 is 0 Å². The van der Waals surface area contributed by atoms with E-state index in [1.54, 1.807) is 0 Å². The van der Waals surface area contributed by atoms with Crippen LogP contribution in [0.1, 0.15) is 43.0 Å². The molecule has 2 atom stereocenters. The van der Waals surface area contributed by atoms with Gasteiger partial charge in [-0.3, -0.25) is 4.79 Å². The van der Waals surface area contributed by atoms with E-state index in [4.69, 9.17) is 11.6 Å². The summed E-state index contributed by atoms with van der Waals surface area (Å²) in [6, 6.07) is 4.30. The van der Waals surface area contributed by atoms with Crippen LogP contribution in [0.3, 0.4) is 0 Å². The molecule has 1 fully saturated rings. The zero-order valence-corrected chi connectivity index (χ0v) is 12.2. The molecule has 3 nitrogen and oxygen atoms in total. The molecule has 2 rings (SSSR count). The van der Waals surface area contributed by atoms with E-state index < -0.39 is 17.3 Å². The maximum Gasteiger partial charge on any atom is 0.254 e. The Labute approximate surface area is 123 Å². The van der Waals surface area contributed by atoms with Crippen molar-refractivity contribution in [2.75, 3.05) is 6.54 Å². The van der Waals surface area contributed by atoms with Crippen LogP contribution in [0.15, 0.2) is 18.2 Å². The Morgan fingerprint density at radius 1 is 1.60 bits per heavy atom. The Morgan fingerprint density at radius 3 is 3.05 bits per heavy atom. The molecule has 110 valence electrons. The first-order valence-electron chi connectivity index (χ1n) is 6.86. The van der Waals surface area contributed by atoms with Crippen molar-refractivity contribution in [2.45, 2.75) is 38.2 Å². The van der Waals surface area contributed by atoms with E-state index in [-0.39, 0.29) is 17.1 Å². The van der Waals surface area contributed by atoms with Crippen molar-refractivity contribution in [1.82, 2.24) is 5.32 Å². The molecule has 0 radical (unpaired) electrons. The average Bonchev–Trinajstić information content (AvgIpc) is 2.39. The second-order valence-electron chi connectivity index (χ2n) is 5.71. The summed E-state index contributed by atoms with van der Waals surface area (Å²) >= 11 is 5.65. The third-order valence-corrected chi connectivity index (χ3v) is 4.13. The monoisotopic (exact) mass is 299 g/mol. The highest BCUT2D eigenvalue weighted by atomic mass is 35.5. The molecule has 0 spiro atoms. The summed E-state index contributed by atoms with van der Waals surface area (Å²) in [5.41, 5.74) is -0.979. The van der Waals surface area contributed by atoms with Gasteiger partial charge in [0, 0.05) is 6.54 Å². The standard InChI is InChI=1S/C15H19ClFNO2/c1-10-4-3-7-15(20,8-10)9-18-14(19)11-5-2-6-12(16)13(11)17/h2,5-6,10,20H,3-4,7-9H2,1H3,(H,18,19). The summed E-state index contributed by atoms with van der Waals surface area (Å²) in [5.74, 6) is -0.833. The van der Waals surface area contributed by atoms with Gasteiger partial charge in [0.1, 0.15) is 0 Å². The summed E-state index contributed by atoms with van der Waals surface area (Å²) < 4.78 is 13.7. The Balaban J connectivity index is 2.00. The highest BCUT2D eigenvalue weighted by molar-refractivity contribution is 6.31. The van der Waals surface area contributed by atoms with Gasteiger partial charge in [0.2, 0.25) is 0 Å². The molecule has 0 aromatic heterocycles. The van der Waals surface area contributed by atoms with Crippen LogP contribution in [-0.2, 0) is 0 Å². The van der Waals surface area contributed by atoms with E-state index in [2.05, 4.69) is 12.2 Å². The molecule has 1 aromatic rings. The molecule has 2 N–H and O–H groups in total. The summed E-state index contributed by atoms with van der Waals surface area (Å²) in [6.45, 7) is 2.23. The van der Waals surface area contributed by atoms with E-state index in [1.165, 1.54) is 18.2 Å². The van der Waals surface area contributed by atoms with Gasteiger partial charge in [-0.05, 0) is 30.9 Å². The first kappa shape index (κ1) is 15.3. The van der Waals surface area contributed by atoms with Crippen molar-refractivity contribution in [3.63, 3.8) is 0 Å². The lowest BCUT2D eigenvalue weighted by Gasteiger charge is -2.35. The maximum absolute atomic E-state index is 13.7. The van der Waals surface area contributed by atoms with Crippen LogP contribution in [0.4, 0.5) is 4.39 Å². The van der Waals surface area contributed by atoms with Crippen LogP contribution in [-0.4, -0.2) is 23.2 Å². The van der Waals surface area contributed by atoms with Gasteiger partial charge < -0.3 is 10.4 Å². The number of nitrogens with one attached hydrogen (secondary N) is 1. The fourth-order valence-corrected chi connectivity index (χ4v) is 2.99. The largest absolute Gasteiger partial charge is 0.388 e. The molecule has 0 bridgehead atoms. The number of hydrogen-bond donors (Lipinski definition) is 2. The summed E-state index contributed by atoms with van der Waals surface area (Å²) in [5, 5.41) is 13.0. The summed E-state index contributed by atoms with van der Waals surface area (Å²) in [7, 11) is 0. The molecule has 20 heavy (non-hydrogen) atoms. The molecule has 0 saturated heterocycles. The summed E-state index contributed by atoms with van der Waals surface area (Å²) in [6.07, 6.45) is 3.36. The van der Waals surface area contributed by atoms with Crippen molar-refractivity contribution < 1.29 is 14.3 Å². The van der Waals surface area contributed by atoms with Gasteiger partial charge in [0.25, 0.3) is 5.91 Å². The van der Waals surface area contributed by atoms with E-state index in [1.807, 2.05) is 0 Å². The first-order chi connectivity index (χ1) is 9.41. The van der Waals surface area contributed by atoms with Crippen molar-refractivity contribution >= 4 is 17.5 Å². The lowest BCUT2D eigenvalue weighted by Crippen LogP contribution is -2.45. The minimum absolute atomic E-state index is 0.0809. The molecule has 0 heterocycles. The molecule has 1 aromatic carbocycles. The van der Waals surface area contributed by atoms with E-state index in [9.17, 15) is 14.3 Å². The number of amides is 1. The third kappa shape index (κ3) is 3.49. The van der Waals surface area contributed by atoms with Gasteiger partial charge in [-0.1, -0.05) is 37.4 Å². The lowest BCUT2D eigenvalue weighted by molar-refractivity contribution is -0.0109. The van der Waals surface area contributed by atoms with E-state index in [0.717, 1.165) is 12.8 Å². The molecule has 1 amide bonds. The number of rotatable bonds is 3. The summed E-state index contributed by atoms with van der Waals surface area (Å²) in [4.78, 5) is 12.0. The maximum atomic E-state index is 13.7. The van der Waals surface area contributed by atoms with Gasteiger partial charge in [-0.25, -0.2) is 4.39 Å². The molecule has 0 aliphatic heterocycles. The number of halogens is 2. The normalized spacial score (nSPS) is 26.3. The molecule has 1 saturated carbocycles. The quantitative estimate of drug-likeness (QED) is 0.901. The van der Waals surface area contributed by atoms with E-state index >= 15 is 0 Å². The highest BCUT2D eigenvalue weighted by Crippen LogP contribution is 2.31. The molecule has 2 unspecified atom stereocenters. The molecule has 1 aliphatic rings. The SMILES string of the molecule is CC1CCCC(O)(CNC(=O)c2cccc(Cl)c2F)C1. The van der Waals surface area contributed by atoms with Crippen LogP contribution in [0.5, 0.6) is 0 Å². The van der Waals surface area contributed by atoms with Gasteiger partial charge in [0.05, 0.1) is 16.2 Å². The fourth-order valence-electron chi connectivity index (χ4n) is 2.81. The smallest absolute Gasteiger partial charge is 0.254 e. The van der Waals surface area contributed by atoms with Crippen molar-refractivity contribution in [2.24, 2.45) is 5.92 Å². The number of carbonyl (C=O) groups is 1. The van der Waals surface area contributed by atoms with Gasteiger partial charge in [-0.2, -0.15) is 0 Å². The predicted molar refractivity (Wildman–Crippen MR) is 76.3 cm³/mol. The van der Waals surface area contributed by atoms with Crippen LogP contribution >= 0.6 is 11.6 Å². The Hall–Kier alpha value is -1.13. The van der Waals surface area contributed by atoms with Crippen LogP contribution in [0.25, 0.3) is 0 Å². The Kier molecular flexibility index (Phi) is 4.66. The molecule has 1 aliphatic carbocycles. The molecular formula is C15H19ClFNO2. The van der Waals surface area contributed by atoms with Crippen LogP contribution in [0.2, 0.25) is 5.02 Å². The second kappa shape index (κ2) is 6.10. The topological polar surface area (TPSA) is 49.3 Å². The third-order valence-electron chi connectivity index (χ3n) is 3.84. The van der Waals surface area contributed by atoms with Gasteiger partial charge in [0.15, 0.2) is 5.82 Å². The van der Waals surface area contributed by atoms with Crippen molar-refractivity contribution in [1.29, 1.82) is 0 Å². The predicted octanol–water partition coefficient (Wildman–Crippen LogP) is 3.15. The molecule has 5 heteroatoms. The zero-order chi connectivity index (χ0) is 14.8. The van der Waals surface area contributed by atoms with E-state index in [0.29, 0.717) is 18.8 Å². The second-order valence-corrected chi connectivity index (χ2v) is 6.12. The number of benzene rings is 1. The lowest BCUT2D eigenvalue weighted by atomic mass is 9.79. The zero-order valence-electron chi connectivity index (χ0n) is 11.5. The fraction of sp³-hybridized carbons (Fsp3) is 0.533. The van der Waals surface area contributed by atoms with Crippen LogP contribution < -0.4 is 5.32 Å². The first-order valence-corrected chi connectivity index (χ1v) is 7.24. The Bertz CT molecular complexity index is 509. The van der Waals surface area contributed by atoms with Crippen molar-refractivity contribution in [3.05, 3.63) is 34.6 Å². The van der Waals surface area contributed by atoms with Crippen molar-refractivity contribution in [3.8, 4) is 0 Å². The number of hydrogen-bond acceptors (Lipinski definition) is 2. The highest BCUT2D eigenvalue weighted by Gasteiger charge is 2.33. The van der Waals surface area contributed by atoms with Gasteiger partial charge in [-0.15, -0.1) is 0 Å². The van der Waals surface area contributed by atoms with Crippen LogP contribution in [0, 0.1) is 11.7 Å². The molecular weight excluding hydrogens is 281 g/mol. The Morgan fingerprint density at radius 2 is 2.35 bits per heavy atom.